The monoisotopic (exact) mass is 369 g/mol. The molecular weight excluding hydrogens is 350 g/mol. The van der Waals surface area contributed by atoms with Crippen molar-refractivity contribution in [1.82, 2.24) is 15.6 Å². The van der Waals surface area contributed by atoms with E-state index in [1.54, 1.807) is 23.5 Å². The highest BCUT2D eigenvalue weighted by Crippen LogP contribution is 2.23. The molecule has 0 spiro atoms. The van der Waals surface area contributed by atoms with Crippen LogP contribution in [0.15, 0.2) is 58.5 Å². The number of furan rings is 1. The van der Waals surface area contributed by atoms with Crippen LogP contribution in [0.25, 0.3) is 10.6 Å². The van der Waals surface area contributed by atoms with E-state index in [0.717, 1.165) is 16.3 Å². The van der Waals surface area contributed by atoms with Crippen molar-refractivity contribution in [3.63, 3.8) is 0 Å². The number of aromatic nitrogens is 1. The molecule has 0 aliphatic carbocycles. The maximum Gasteiger partial charge on any atom is 0.286 e. The smallest absolute Gasteiger partial charge is 0.286 e. The Hall–Kier alpha value is -2.93. The highest BCUT2D eigenvalue weighted by molar-refractivity contribution is 7.13. The van der Waals surface area contributed by atoms with Gasteiger partial charge in [0.25, 0.3) is 5.91 Å². The minimum atomic E-state index is -0.272. The van der Waals surface area contributed by atoms with Crippen LogP contribution in [0, 0.1) is 0 Å². The molecule has 0 bridgehead atoms. The Morgan fingerprint density at radius 1 is 1.08 bits per heavy atom. The maximum atomic E-state index is 11.9. The Morgan fingerprint density at radius 3 is 2.69 bits per heavy atom. The zero-order valence-electron chi connectivity index (χ0n) is 14.1. The first-order valence-electron chi connectivity index (χ1n) is 8.30. The number of nitrogens with one attached hydrogen (secondary N) is 2. The van der Waals surface area contributed by atoms with Crippen molar-refractivity contribution >= 4 is 23.2 Å². The van der Waals surface area contributed by atoms with Crippen molar-refractivity contribution in [3.05, 3.63) is 65.6 Å². The van der Waals surface area contributed by atoms with Crippen LogP contribution in [0.5, 0.6) is 0 Å². The summed E-state index contributed by atoms with van der Waals surface area (Å²) >= 11 is 1.56. The van der Waals surface area contributed by atoms with Crippen LogP contribution in [-0.4, -0.2) is 23.3 Å². The van der Waals surface area contributed by atoms with Gasteiger partial charge in [-0.1, -0.05) is 30.3 Å². The summed E-state index contributed by atoms with van der Waals surface area (Å²) in [6, 6.07) is 13.2. The molecule has 0 unspecified atom stereocenters. The zero-order chi connectivity index (χ0) is 18.2. The topological polar surface area (TPSA) is 84.2 Å². The predicted molar refractivity (Wildman–Crippen MR) is 99.7 cm³/mol. The Morgan fingerprint density at radius 2 is 1.92 bits per heavy atom. The molecule has 0 aliphatic heterocycles. The molecule has 0 aliphatic rings. The third-order valence-corrected chi connectivity index (χ3v) is 4.59. The van der Waals surface area contributed by atoms with Gasteiger partial charge in [-0.3, -0.25) is 9.59 Å². The summed E-state index contributed by atoms with van der Waals surface area (Å²) in [6.45, 7) is 0.822. The van der Waals surface area contributed by atoms with E-state index in [0.29, 0.717) is 25.9 Å². The standard InChI is InChI=1S/C19H19N3O3S/c23-17(9-4-10-20-18(24)16-8-5-11-25-16)21-12-15-13-26-19(22-15)14-6-2-1-3-7-14/h1-3,5-8,11,13H,4,9-10,12H2,(H,20,24)(H,21,23). The summed E-state index contributed by atoms with van der Waals surface area (Å²) < 4.78 is 5.00. The Balaban J connectivity index is 1.35. The molecular formula is C19H19N3O3S. The van der Waals surface area contributed by atoms with E-state index in [4.69, 9.17) is 4.42 Å². The number of carbonyl (C=O) groups excluding carboxylic acids is 2. The number of thiazole rings is 1. The number of rotatable bonds is 8. The van der Waals surface area contributed by atoms with Crippen molar-refractivity contribution in [3.8, 4) is 10.6 Å². The number of nitrogens with zero attached hydrogens (tertiary/aromatic N) is 1. The van der Waals surface area contributed by atoms with E-state index < -0.39 is 0 Å². The second-order valence-corrected chi connectivity index (χ2v) is 6.48. The fourth-order valence-electron chi connectivity index (χ4n) is 2.32. The first kappa shape index (κ1) is 17.9. The van der Waals surface area contributed by atoms with Crippen LogP contribution in [0.4, 0.5) is 0 Å². The molecule has 0 saturated heterocycles. The van der Waals surface area contributed by atoms with Gasteiger partial charge >= 0.3 is 0 Å². The fourth-order valence-corrected chi connectivity index (χ4v) is 3.15. The fraction of sp³-hybridized carbons (Fsp3) is 0.211. The van der Waals surface area contributed by atoms with Crippen molar-refractivity contribution in [2.45, 2.75) is 19.4 Å². The van der Waals surface area contributed by atoms with Gasteiger partial charge in [0.2, 0.25) is 5.91 Å². The average Bonchev–Trinajstić information content (AvgIpc) is 3.36. The quantitative estimate of drug-likeness (QED) is 0.597. The second kappa shape index (κ2) is 8.96. The normalized spacial score (nSPS) is 10.5. The Kier molecular flexibility index (Phi) is 6.16. The van der Waals surface area contributed by atoms with Crippen LogP contribution in [0.1, 0.15) is 29.1 Å². The Labute approximate surface area is 155 Å². The van der Waals surface area contributed by atoms with E-state index in [2.05, 4.69) is 15.6 Å². The van der Waals surface area contributed by atoms with E-state index in [9.17, 15) is 9.59 Å². The molecule has 0 saturated carbocycles. The molecule has 0 fully saturated rings. The minimum absolute atomic E-state index is 0.0634. The van der Waals surface area contributed by atoms with Crippen molar-refractivity contribution in [2.75, 3.05) is 6.54 Å². The molecule has 2 aromatic heterocycles. The molecule has 3 aromatic rings. The summed E-state index contributed by atoms with van der Waals surface area (Å²) in [5.74, 6) is -0.0648. The predicted octanol–water partition coefficient (Wildman–Crippen LogP) is 3.23. The summed E-state index contributed by atoms with van der Waals surface area (Å²) in [6.07, 6.45) is 2.35. The molecule has 26 heavy (non-hydrogen) atoms. The van der Waals surface area contributed by atoms with Crippen LogP contribution in [0.3, 0.4) is 0 Å². The van der Waals surface area contributed by atoms with E-state index in [1.807, 2.05) is 35.7 Å². The van der Waals surface area contributed by atoms with Gasteiger partial charge < -0.3 is 15.1 Å². The van der Waals surface area contributed by atoms with Gasteiger partial charge in [0, 0.05) is 23.9 Å². The minimum Gasteiger partial charge on any atom is -0.459 e. The maximum absolute atomic E-state index is 11.9. The lowest BCUT2D eigenvalue weighted by atomic mass is 10.2. The molecule has 134 valence electrons. The summed E-state index contributed by atoms with van der Waals surface area (Å²) in [4.78, 5) is 28.1. The van der Waals surface area contributed by atoms with Gasteiger partial charge in [-0.15, -0.1) is 11.3 Å². The number of amides is 2. The lowest BCUT2D eigenvalue weighted by Crippen LogP contribution is -2.27. The highest BCUT2D eigenvalue weighted by atomic mass is 32.1. The third-order valence-electron chi connectivity index (χ3n) is 3.65. The van der Waals surface area contributed by atoms with Gasteiger partial charge in [0.05, 0.1) is 18.5 Å². The second-order valence-electron chi connectivity index (χ2n) is 5.62. The Bertz CT molecular complexity index is 844. The summed E-state index contributed by atoms with van der Waals surface area (Å²) in [7, 11) is 0. The molecule has 6 nitrogen and oxygen atoms in total. The number of benzene rings is 1. The van der Waals surface area contributed by atoms with Crippen LogP contribution >= 0.6 is 11.3 Å². The first-order valence-corrected chi connectivity index (χ1v) is 9.18. The summed E-state index contributed by atoms with van der Waals surface area (Å²) in [5, 5.41) is 8.46. The molecule has 2 heterocycles. The average molecular weight is 369 g/mol. The third kappa shape index (κ3) is 5.03. The van der Waals surface area contributed by atoms with E-state index in [-0.39, 0.29) is 17.6 Å². The first-order chi connectivity index (χ1) is 12.7. The molecule has 1 aromatic carbocycles. The van der Waals surface area contributed by atoms with E-state index >= 15 is 0 Å². The number of carbonyl (C=O) groups is 2. The molecule has 2 amide bonds. The van der Waals surface area contributed by atoms with Crippen molar-refractivity contribution < 1.29 is 14.0 Å². The molecule has 7 heteroatoms. The van der Waals surface area contributed by atoms with Crippen molar-refractivity contribution in [1.29, 1.82) is 0 Å². The molecule has 2 N–H and O–H groups in total. The number of hydrogen-bond acceptors (Lipinski definition) is 5. The molecule has 0 radical (unpaired) electrons. The lowest BCUT2D eigenvalue weighted by Gasteiger charge is -2.04. The lowest BCUT2D eigenvalue weighted by molar-refractivity contribution is -0.121. The van der Waals surface area contributed by atoms with Crippen molar-refractivity contribution in [2.24, 2.45) is 0 Å². The van der Waals surface area contributed by atoms with E-state index in [1.165, 1.54) is 6.26 Å². The summed E-state index contributed by atoms with van der Waals surface area (Å²) in [5.41, 5.74) is 1.91. The molecule has 3 rings (SSSR count). The van der Waals surface area contributed by atoms with Crippen LogP contribution in [0.2, 0.25) is 0 Å². The number of hydrogen-bond donors (Lipinski definition) is 2. The van der Waals surface area contributed by atoms with Crippen LogP contribution in [-0.2, 0) is 11.3 Å². The van der Waals surface area contributed by atoms with Gasteiger partial charge in [0.15, 0.2) is 5.76 Å². The highest BCUT2D eigenvalue weighted by Gasteiger charge is 2.09. The van der Waals surface area contributed by atoms with Crippen LogP contribution < -0.4 is 10.6 Å². The van der Waals surface area contributed by atoms with Gasteiger partial charge in [-0.2, -0.15) is 0 Å². The SMILES string of the molecule is O=C(CCCNC(=O)c1ccco1)NCc1csc(-c2ccccc2)n1. The van der Waals surface area contributed by atoms with Gasteiger partial charge in [-0.05, 0) is 18.6 Å². The largest absolute Gasteiger partial charge is 0.459 e. The van der Waals surface area contributed by atoms with Gasteiger partial charge in [-0.25, -0.2) is 4.98 Å². The van der Waals surface area contributed by atoms with Gasteiger partial charge in [0.1, 0.15) is 5.01 Å². The zero-order valence-corrected chi connectivity index (χ0v) is 14.9. The molecule has 0 atom stereocenters.